The molecule has 0 fully saturated rings. The molecule has 0 aromatic heterocycles. The number of halogens is 1. The summed E-state index contributed by atoms with van der Waals surface area (Å²) in [7, 11) is 1.36. The molecule has 0 saturated heterocycles. The van der Waals surface area contributed by atoms with Crippen LogP contribution in [0.1, 0.15) is 18.9 Å². The smallest absolute Gasteiger partial charge is 0.325 e. The summed E-state index contributed by atoms with van der Waals surface area (Å²) >= 11 is 3.33. The van der Waals surface area contributed by atoms with Gasteiger partial charge in [0.25, 0.3) is 0 Å². The molecule has 0 unspecified atom stereocenters. The Morgan fingerprint density at radius 1 is 1.56 bits per heavy atom. The molecule has 0 spiro atoms. The number of carbonyl (C=O) groups excluding carboxylic acids is 1. The van der Waals surface area contributed by atoms with Crippen LogP contribution >= 0.6 is 15.9 Å². The standard InChI is InChI=1S/C13H15BrN2O2/c1-3-6-16(9-13(17)18-2)12-5-4-11(14)7-10(12)8-15/h4-5,7H,3,6,9H2,1-2H3. The maximum absolute atomic E-state index is 11.4. The van der Waals surface area contributed by atoms with Gasteiger partial charge in [-0.1, -0.05) is 22.9 Å². The normalized spacial score (nSPS) is 9.67. The number of hydrogen-bond donors (Lipinski definition) is 0. The molecule has 0 aliphatic carbocycles. The summed E-state index contributed by atoms with van der Waals surface area (Å²) in [4.78, 5) is 13.2. The molecule has 0 bridgehead atoms. The largest absolute Gasteiger partial charge is 0.468 e. The van der Waals surface area contributed by atoms with Crippen molar-refractivity contribution in [3.8, 4) is 6.07 Å². The van der Waals surface area contributed by atoms with Crippen LogP contribution in [0, 0.1) is 11.3 Å². The third-order valence-electron chi connectivity index (χ3n) is 2.46. The Hall–Kier alpha value is -1.54. The highest BCUT2D eigenvalue weighted by Crippen LogP contribution is 2.24. The number of rotatable bonds is 5. The quantitative estimate of drug-likeness (QED) is 0.785. The molecule has 0 radical (unpaired) electrons. The molecular formula is C13H15BrN2O2. The van der Waals surface area contributed by atoms with Gasteiger partial charge >= 0.3 is 5.97 Å². The highest BCUT2D eigenvalue weighted by Gasteiger charge is 2.14. The van der Waals surface area contributed by atoms with Gasteiger partial charge in [-0.15, -0.1) is 0 Å². The van der Waals surface area contributed by atoms with E-state index < -0.39 is 0 Å². The number of nitriles is 1. The minimum Gasteiger partial charge on any atom is -0.468 e. The molecule has 0 amide bonds. The molecule has 0 heterocycles. The fraction of sp³-hybridized carbons (Fsp3) is 0.385. The van der Waals surface area contributed by atoms with Crippen LogP contribution in [-0.2, 0) is 9.53 Å². The number of benzene rings is 1. The van der Waals surface area contributed by atoms with Crippen molar-refractivity contribution in [1.29, 1.82) is 5.26 Å². The van der Waals surface area contributed by atoms with Gasteiger partial charge in [0.15, 0.2) is 0 Å². The van der Waals surface area contributed by atoms with Crippen molar-refractivity contribution in [2.75, 3.05) is 25.1 Å². The first kappa shape index (κ1) is 14.5. The molecule has 1 aromatic carbocycles. The minimum atomic E-state index is -0.310. The van der Waals surface area contributed by atoms with E-state index in [1.54, 1.807) is 6.07 Å². The Labute approximate surface area is 115 Å². The summed E-state index contributed by atoms with van der Waals surface area (Å²) in [5.41, 5.74) is 1.30. The van der Waals surface area contributed by atoms with Crippen molar-refractivity contribution in [1.82, 2.24) is 0 Å². The van der Waals surface area contributed by atoms with Gasteiger partial charge < -0.3 is 9.64 Å². The third kappa shape index (κ3) is 3.74. The van der Waals surface area contributed by atoms with E-state index in [-0.39, 0.29) is 12.5 Å². The van der Waals surface area contributed by atoms with Crippen LogP contribution in [0.15, 0.2) is 22.7 Å². The molecule has 0 aliphatic rings. The summed E-state index contributed by atoms with van der Waals surface area (Å²) < 4.78 is 5.52. The van der Waals surface area contributed by atoms with Crippen LogP contribution in [0.3, 0.4) is 0 Å². The van der Waals surface area contributed by atoms with Gasteiger partial charge in [0, 0.05) is 11.0 Å². The van der Waals surface area contributed by atoms with E-state index in [9.17, 15) is 4.79 Å². The Morgan fingerprint density at radius 2 is 2.28 bits per heavy atom. The first-order valence-electron chi connectivity index (χ1n) is 5.63. The van der Waals surface area contributed by atoms with Crippen LogP contribution < -0.4 is 4.90 Å². The van der Waals surface area contributed by atoms with E-state index in [1.807, 2.05) is 24.0 Å². The van der Waals surface area contributed by atoms with Gasteiger partial charge in [-0.05, 0) is 24.6 Å². The van der Waals surface area contributed by atoms with Gasteiger partial charge in [-0.3, -0.25) is 4.79 Å². The Morgan fingerprint density at radius 3 is 2.83 bits per heavy atom. The van der Waals surface area contributed by atoms with Crippen LogP contribution in [0.25, 0.3) is 0 Å². The number of anilines is 1. The molecule has 0 saturated carbocycles. The Kier molecular flexibility index (Phi) is 5.66. The predicted molar refractivity (Wildman–Crippen MR) is 73.4 cm³/mol. The third-order valence-corrected chi connectivity index (χ3v) is 2.95. The van der Waals surface area contributed by atoms with Crippen molar-refractivity contribution in [3.05, 3.63) is 28.2 Å². The van der Waals surface area contributed by atoms with Gasteiger partial charge in [0.2, 0.25) is 0 Å². The lowest BCUT2D eigenvalue weighted by Crippen LogP contribution is -2.31. The zero-order chi connectivity index (χ0) is 13.5. The summed E-state index contributed by atoms with van der Waals surface area (Å²) in [6, 6.07) is 7.58. The molecule has 1 aromatic rings. The Bertz CT molecular complexity index is 469. The van der Waals surface area contributed by atoms with Crippen LogP contribution in [0.4, 0.5) is 5.69 Å². The fourth-order valence-corrected chi connectivity index (χ4v) is 2.01. The number of esters is 1. The van der Waals surface area contributed by atoms with Crippen LogP contribution in [-0.4, -0.2) is 26.2 Å². The second-order valence-corrected chi connectivity index (χ2v) is 4.69. The molecule has 0 aliphatic heterocycles. The molecule has 18 heavy (non-hydrogen) atoms. The van der Waals surface area contributed by atoms with E-state index in [1.165, 1.54) is 7.11 Å². The van der Waals surface area contributed by atoms with E-state index in [0.717, 1.165) is 16.6 Å². The lowest BCUT2D eigenvalue weighted by molar-refractivity contribution is -0.138. The number of hydrogen-bond acceptors (Lipinski definition) is 4. The monoisotopic (exact) mass is 310 g/mol. The average molecular weight is 311 g/mol. The van der Waals surface area contributed by atoms with Gasteiger partial charge in [-0.2, -0.15) is 5.26 Å². The second-order valence-electron chi connectivity index (χ2n) is 3.77. The topological polar surface area (TPSA) is 53.3 Å². The lowest BCUT2D eigenvalue weighted by Gasteiger charge is -2.24. The zero-order valence-electron chi connectivity index (χ0n) is 10.4. The van der Waals surface area contributed by atoms with Crippen molar-refractivity contribution < 1.29 is 9.53 Å². The first-order chi connectivity index (χ1) is 8.62. The molecule has 5 heteroatoms. The maximum Gasteiger partial charge on any atom is 0.325 e. The molecular weight excluding hydrogens is 296 g/mol. The van der Waals surface area contributed by atoms with Gasteiger partial charge in [-0.25, -0.2) is 0 Å². The lowest BCUT2D eigenvalue weighted by atomic mass is 10.1. The molecule has 4 nitrogen and oxygen atoms in total. The van der Waals surface area contributed by atoms with Gasteiger partial charge in [0.05, 0.1) is 18.4 Å². The average Bonchev–Trinajstić information content (AvgIpc) is 2.37. The maximum atomic E-state index is 11.4. The van der Waals surface area contributed by atoms with E-state index in [4.69, 9.17) is 5.26 Å². The predicted octanol–water partition coefficient (Wildman–Crippen LogP) is 2.71. The number of nitrogens with zero attached hydrogens (tertiary/aromatic N) is 2. The van der Waals surface area contributed by atoms with Crippen molar-refractivity contribution in [2.24, 2.45) is 0 Å². The van der Waals surface area contributed by atoms with Gasteiger partial charge in [0.1, 0.15) is 12.6 Å². The highest BCUT2D eigenvalue weighted by molar-refractivity contribution is 9.10. The SMILES string of the molecule is CCCN(CC(=O)OC)c1ccc(Br)cc1C#N. The highest BCUT2D eigenvalue weighted by atomic mass is 79.9. The van der Waals surface area contributed by atoms with Crippen molar-refractivity contribution in [2.45, 2.75) is 13.3 Å². The van der Waals surface area contributed by atoms with E-state index in [2.05, 4.69) is 26.7 Å². The van der Waals surface area contributed by atoms with Crippen LogP contribution in [0.2, 0.25) is 0 Å². The minimum absolute atomic E-state index is 0.153. The molecule has 0 atom stereocenters. The summed E-state index contributed by atoms with van der Waals surface area (Å²) in [5, 5.41) is 9.14. The Balaban J connectivity index is 3.05. The summed E-state index contributed by atoms with van der Waals surface area (Å²) in [5.74, 6) is -0.310. The summed E-state index contributed by atoms with van der Waals surface area (Å²) in [6.45, 7) is 2.88. The van der Waals surface area contributed by atoms with Crippen LogP contribution in [0.5, 0.6) is 0 Å². The zero-order valence-corrected chi connectivity index (χ0v) is 12.0. The number of ether oxygens (including phenoxy) is 1. The fourth-order valence-electron chi connectivity index (χ4n) is 1.65. The second kappa shape index (κ2) is 7.02. The number of methoxy groups -OCH3 is 1. The van der Waals surface area contributed by atoms with Crippen molar-refractivity contribution in [3.63, 3.8) is 0 Å². The molecule has 0 N–H and O–H groups in total. The van der Waals surface area contributed by atoms with E-state index >= 15 is 0 Å². The molecule has 1 rings (SSSR count). The summed E-state index contributed by atoms with van der Waals surface area (Å²) in [6.07, 6.45) is 0.887. The number of carbonyl (C=O) groups is 1. The van der Waals surface area contributed by atoms with Crippen molar-refractivity contribution >= 4 is 27.6 Å². The first-order valence-corrected chi connectivity index (χ1v) is 6.43. The van der Waals surface area contributed by atoms with E-state index in [0.29, 0.717) is 12.1 Å². The molecule has 96 valence electrons.